The summed E-state index contributed by atoms with van der Waals surface area (Å²) in [5.41, 5.74) is 0.365. The lowest BCUT2D eigenvalue weighted by atomic mass is 10.2. The molecule has 1 saturated heterocycles. The second kappa shape index (κ2) is 9.24. The summed E-state index contributed by atoms with van der Waals surface area (Å²) in [5.74, 6) is 0.997. The van der Waals surface area contributed by atoms with E-state index >= 15 is 0 Å². The zero-order valence-electron chi connectivity index (χ0n) is 16.0. The van der Waals surface area contributed by atoms with Crippen LogP contribution >= 0.6 is 23.1 Å². The van der Waals surface area contributed by atoms with Crippen LogP contribution in [-0.4, -0.2) is 59.3 Å². The number of likely N-dealkylation sites (N-methyl/N-ethyl adjacent to an activating group) is 1. The van der Waals surface area contributed by atoms with Crippen molar-refractivity contribution in [3.05, 3.63) is 29.8 Å². The van der Waals surface area contributed by atoms with Gasteiger partial charge >= 0.3 is 12.0 Å². The number of carbonyl (C=O) groups excluding carboxylic acids is 2. The summed E-state index contributed by atoms with van der Waals surface area (Å²) >= 11 is 2.91. The number of aromatic nitrogens is 2. The molecule has 1 aromatic heterocycles. The molecule has 0 bridgehead atoms. The van der Waals surface area contributed by atoms with Crippen molar-refractivity contribution in [1.82, 2.24) is 15.1 Å². The molecule has 10 heteroatoms. The summed E-state index contributed by atoms with van der Waals surface area (Å²) in [6.07, 6.45) is 0.254. The van der Waals surface area contributed by atoms with Crippen LogP contribution in [0.25, 0.3) is 0 Å². The molecule has 8 nitrogen and oxygen atoms in total. The maximum absolute atomic E-state index is 12.6. The molecule has 150 valence electrons. The molecule has 1 aliphatic heterocycles. The van der Waals surface area contributed by atoms with Gasteiger partial charge in [0.05, 0.1) is 18.7 Å². The van der Waals surface area contributed by atoms with Gasteiger partial charge < -0.3 is 14.4 Å². The summed E-state index contributed by atoms with van der Waals surface area (Å²) in [6, 6.07) is 6.51. The first kappa shape index (κ1) is 20.4. The Bertz CT molecular complexity index is 844. The number of thioether (sulfide) groups is 1. The quantitative estimate of drug-likeness (QED) is 0.366. The molecule has 3 rings (SSSR count). The second-order valence-electron chi connectivity index (χ2n) is 6.05. The largest absolute Gasteiger partial charge is 0.494 e. The second-order valence-corrected chi connectivity index (χ2v) is 8.35. The fraction of sp³-hybridized carbons (Fsp3) is 0.444. The van der Waals surface area contributed by atoms with Crippen molar-refractivity contribution in [2.45, 2.75) is 30.8 Å². The van der Waals surface area contributed by atoms with E-state index in [9.17, 15) is 9.59 Å². The zero-order chi connectivity index (χ0) is 20.1. The van der Waals surface area contributed by atoms with E-state index in [4.69, 9.17) is 9.47 Å². The Morgan fingerprint density at radius 1 is 1.36 bits per heavy atom. The van der Waals surface area contributed by atoms with E-state index < -0.39 is 12.2 Å². The van der Waals surface area contributed by atoms with Gasteiger partial charge in [-0.2, -0.15) is 0 Å². The third-order valence-corrected chi connectivity index (χ3v) is 6.17. The monoisotopic (exact) mass is 422 g/mol. The predicted octanol–water partition coefficient (Wildman–Crippen LogP) is 3.49. The van der Waals surface area contributed by atoms with Crippen molar-refractivity contribution in [2.75, 3.05) is 30.9 Å². The topological polar surface area (TPSA) is 84.9 Å². The smallest absolute Gasteiger partial charge is 0.340 e. The summed E-state index contributed by atoms with van der Waals surface area (Å²) in [6.45, 7) is 4.72. The third kappa shape index (κ3) is 4.56. The highest BCUT2D eigenvalue weighted by Crippen LogP contribution is 2.32. The number of nitrogens with zero attached hydrogens (tertiary/aromatic N) is 4. The first-order chi connectivity index (χ1) is 13.5. The normalized spacial score (nSPS) is 16.5. The molecule has 0 N–H and O–H groups in total. The Morgan fingerprint density at radius 2 is 2.18 bits per heavy atom. The Morgan fingerprint density at radius 3 is 2.93 bits per heavy atom. The molecule has 0 aliphatic carbocycles. The number of amides is 2. The summed E-state index contributed by atoms with van der Waals surface area (Å²) in [5, 5.41) is 8.67. The fourth-order valence-electron chi connectivity index (χ4n) is 2.61. The fourth-order valence-corrected chi connectivity index (χ4v) is 4.41. The van der Waals surface area contributed by atoms with E-state index in [1.807, 2.05) is 6.92 Å². The van der Waals surface area contributed by atoms with Crippen LogP contribution in [0, 0.1) is 0 Å². The molecule has 0 radical (unpaired) electrons. The van der Waals surface area contributed by atoms with Gasteiger partial charge in [-0.3, -0.25) is 0 Å². The number of anilines is 1. The highest BCUT2D eigenvalue weighted by Gasteiger charge is 2.41. The highest BCUT2D eigenvalue weighted by molar-refractivity contribution is 8.01. The molecule has 28 heavy (non-hydrogen) atoms. The number of carbonyl (C=O) groups is 2. The molecular formula is C18H22N4O4S2. The minimum Gasteiger partial charge on any atom is -0.494 e. The van der Waals surface area contributed by atoms with E-state index in [2.05, 4.69) is 17.1 Å². The van der Waals surface area contributed by atoms with Crippen molar-refractivity contribution in [3.63, 3.8) is 0 Å². The number of rotatable bonds is 8. The third-order valence-electron chi connectivity index (χ3n) is 3.91. The maximum Gasteiger partial charge on any atom is 0.340 e. The van der Waals surface area contributed by atoms with Crippen LogP contribution in [-0.2, 0) is 4.74 Å². The van der Waals surface area contributed by atoms with Crippen molar-refractivity contribution in [2.24, 2.45) is 0 Å². The molecule has 1 atom stereocenters. The van der Waals surface area contributed by atoms with Gasteiger partial charge in [-0.15, -0.1) is 10.2 Å². The number of ether oxygens (including phenoxy) is 2. The van der Waals surface area contributed by atoms with Crippen molar-refractivity contribution < 1.29 is 19.1 Å². The van der Waals surface area contributed by atoms with Gasteiger partial charge in [-0.1, -0.05) is 36.1 Å². The minimum atomic E-state index is -0.766. The number of hydrogen-bond acceptors (Lipinski definition) is 8. The van der Waals surface area contributed by atoms with Crippen LogP contribution in [0.5, 0.6) is 5.75 Å². The average Bonchev–Trinajstić information content (AvgIpc) is 3.25. The lowest BCUT2D eigenvalue weighted by molar-refractivity contribution is 0.0331. The van der Waals surface area contributed by atoms with E-state index in [0.717, 1.165) is 16.5 Å². The van der Waals surface area contributed by atoms with Crippen molar-refractivity contribution in [3.8, 4) is 5.75 Å². The van der Waals surface area contributed by atoms with Gasteiger partial charge in [0.1, 0.15) is 5.75 Å². The molecule has 1 aliphatic rings. The molecular weight excluding hydrogens is 400 g/mol. The highest BCUT2D eigenvalue weighted by atomic mass is 32.2. The van der Waals surface area contributed by atoms with Crippen molar-refractivity contribution >= 4 is 40.2 Å². The Labute approximate surface area is 171 Å². The average molecular weight is 423 g/mol. The van der Waals surface area contributed by atoms with Gasteiger partial charge in [-0.05, 0) is 31.5 Å². The number of urea groups is 1. The zero-order valence-corrected chi connectivity index (χ0v) is 17.6. The molecule has 1 unspecified atom stereocenters. The van der Waals surface area contributed by atoms with Gasteiger partial charge in [0.2, 0.25) is 11.4 Å². The van der Waals surface area contributed by atoms with E-state index in [-0.39, 0.29) is 12.6 Å². The first-order valence-electron chi connectivity index (χ1n) is 8.98. The van der Waals surface area contributed by atoms with Crippen molar-refractivity contribution in [1.29, 1.82) is 0 Å². The van der Waals surface area contributed by atoms with E-state index in [1.54, 1.807) is 43.1 Å². The minimum absolute atomic E-state index is 0.257. The lowest BCUT2D eigenvalue weighted by Crippen LogP contribution is -2.37. The van der Waals surface area contributed by atoms with Crippen LogP contribution < -0.4 is 9.64 Å². The van der Waals surface area contributed by atoms with Crippen LogP contribution in [0.15, 0.2) is 28.6 Å². The summed E-state index contributed by atoms with van der Waals surface area (Å²) in [7, 11) is 1.66. The Balaban J connectivity index is 1.76. The van der Waals surface area contributed by atoms with Crippen LogP contribution in [0.3, 0.4) is 0 Å². The van der Waals surface area contributed by atoms with E-state index in [0.29, 0.717) is 23.1 Å². The van der Waals surface area contributed by atoms with Crippen LogP contribution in [0.4, 0.5) is 9.93 Å². The molecule has 2 aromatic rings. The number of hydrogen-bond donors (Lipinski definition) is 0. The molecule has 0 saturated carbocycles. The molecule has 1 fully saturated rings. The van der Waals surface area contributed by atoms with Gasteiger partial charge in [0.25, 0.3) is 0 Å². The molecule has 2 amide bonds. The lowest BCUT2D eigenvalue weighted by Gasteiger charge is -2.19. The molecule has 1 aromatic carbocycles. The van der Waals surface area contributed by atoms with Gasteiger partial charge in [-0.25, -0.2) is 14.5 Å². The Hall–Kier alpha value is -2.33. The number of esters is 1. The maximum atomic E-state index is 12.6. The van der Waals surface area contributed by atoms with Gasteiger partial charge in [0, 0.05) is 12.8 Å². The van der Waals surface area contributed by atoms with Crippen LogP contribution in [0.2, 0.25) is 0 Å². The Kier molecular flexibility index (Phi) is 6.74. The van der Waals surface area contributed by atoms with Crippen LogP contribution in [0.1, 0.15) is 30.6 Å². The summed E-state index contributed by atoms with van der Waals surface area (Å²) < 4.78 is 11.8. The SMILES string of the molecule is CCCSc1nnc(N2C(=O)N(C)CC2OC(=O)c2cccc(OCC)c2)s1. The van der Waals surface area contributed by atoms with E-state index in [1.165, 1.54) is 21.1 Å². The number of benzene rings is 1. The molecule has 2 heterocycles. The predicted molar refractivity (Wildman–Crippen MR) is 108 cm³/mol. The molecule has 0 spiro atoms. The standard InChI is InChI=1S/C18H22N4O4S2/c1-4-9-27-17-20-19-16(28-17)22-14(11-21(3)18(22)24)26-15(23)12-7-6-8-13(10-12)25-5-2/h6-8,10,14H,4-5,9,11H2,1-3H3. The van der Waals surface area contributed by atoms with Gasteiger partial charge in [0.15, 0.2) is 4.34 Å². The summed E-state index contributed by atoms with van der Waals surface area (Å²) in [4.78, 5) is 28.1. The first-order valence-corrected chi connectivity index (χ1v) is 10.8.